The van der Waals surface area contributed by atoms with E-state index in [-0.39, 0.29) is 11.8 Å². The lowest BCUT2D eigenvalue weighted by Gasteiger charge is -2.34. The maximum Gasteiger partial charge on any atom is 0.239 e. The summed E-state index contributed by atoms with van der Waals surface area (Å²) < 4.78 is 12.8. The quantitative estimate of drug-likeness (QED) is 0.496. The summed E-state index contributed by atoms with van der Waals surface area (Å²) in [6.45, 7) is 3.67. The maximum absolute atomic E-state index is 12.5. The van der Waals surface area contributed by atoms with Crippen LogP contribution in [0.5, 0.6) is 11.5 Å². The van der Waals surface area contributed by atoms with Crippen LogP contribution >= 0.6 is 23.4 Å². The Balaban J connectivity index is 1.71. The zero-order chi connectivity index (χ0) is 24.4. The van der Waals surface area contributed by atoms with E-state index < -0.39 is 6.04 Å². The number of benzene rings is 1. The Morgan fingerprint density at radius 3 is 2.82 bits per heavy atom. The van der Waals surface area contributed by atoms with Crippen molar-refractivity contribution >= 4 is 46.3 Å². The summed E-state index contributed by atoms with van der Waals surface area (Å²) >= 11 is 7.97. The number of imidazole rings is 1. The van der Waals surface area contributed by atoms with Crippen molar-refractivity contribution in [1.82, 2.24) is 24.4 Å². The SMILES string of the molecule is COc1cc(OC)c(Cl)c(Sc2nc3c(N)ncnc3n2CC2CCCN(C(=O)[C@H](C)N)C2)c1. The van der Waals surface area contributed by atoms with Crippen LogP contribution in [0.4, 0.5) is 5.82 Å². The fraction of sp³-hybridized carbons (Fsp3) is 0.455. The second-order valence-electron chi connectivity index (χ2n) is 8.26. The van der Waals surface area contributed by atoms with Crippen molar-refractivity contribution in [2.75, 3.05) is 33.0 Å². The lowest BCUT2D eigenvalue weighted by atomic mass is 9.97. The number of nitrogens with zero attached hydrogens (tertiary/aromatic N) is 5. The minimum absolute atomic E-state index is 0.0309. The molecule has 1 aliphatic heterocycles. The highest BCUT2D eigenvalue weighted by molar-refractivity contribution is 7.99. The summed E-state index contributed by atoms with van der Waals surface area (Å²) in [6, 6.07) is 3.04. The van der Waals surface area contributed by atoms with Gasteiger partial charge in [-0.15, -0.1) is 0 Å². The lowest BCUT2D eigenvalue weighted by molar-refractivity contribution is -0.134. The van der Waals surface area contributed by atoms with Gasteiger partial charge in [-0.05, 0) is 43.5 Å². The number of carbonyl (C=O) groups excluding carboxylic acids is 1. The fourth-order valence-electron chi connectivity index (χ4n) is 4.12. The lowest BCUT2D eigenvalue weighted by Crippen LogP contribution is -2.47. The van der Waals surface area contributed by atoms with Crippen LogP contribution in [0.3, 0.4) is 0 Å². The third-order valence-corrected chi connectivity index (χ3v) is 7.36. The highest BCUT2D eigenvalue weighted by atomic mass is 35.5. The second kappa shape index (κ2) is 10.2. The van der Waals surface area contributed by atoms with E-state index in [4.69, 9.17) is 37.5 Å². The zero-order valence-electron chi connectivity index (χ0n) is 19.3. The van der Waals surface area contributed by atoms with Crippen LogP contribution in [0.2, 0.25) is 5.02 Å². The van der Waals surface area contributed by atoms with E-state index in [0.717, 1.165) is 24.3 Å². The first kappa shape index (κ1) is 24.4. The van der Waals surface area contributed by atoms with Gasteiger partial charge in [-0.25, -0.2) is 15.0 Å². The number of likely N-dealkylation sites (tertiary alicyclic amines) is 1. The number of piperidine rings is 1. The summed E-state index contributed by atoms with van der Waals surface area (Å²) in [7, 11) is 3.14. The van der Waals surface area contributed by atoms with Gasteiger partial charge in [-0.1, -0.05) is 11.6 Å². The molecule has 3 aromatic rings. The molecule has 0 radical (unpaired) electrons. The Hall–Kier alpha value is -2.76. The molecule has 1 aliphatic rings. The molecule has 182 valence electrons. The third-order valence-electron chi connectivity index (χ3n) is 5.82. The van der Waals surface area contributed by atoms with Crippen molar-refractivity contribution in [2.45, 2.75) is 42.4 Å². The molecule has 1 aromatic carbocycles. The predicted octanol–water partition coefficient (Wildman–Crippen LogP) is 2.82. The Bertz CT molecular complexity index is 1200. The molecule has 2 atom stereocenters. The molecule has 0 saturated carbocycles. The Kier molecular flexibility index (Phi) is 7.34. The van der Waals surface area contributed by atoms with Crippen LogP contribution in [-0.4, -0.2) is 63.7 Å². The number of hydrogen-bond acceptors (Lipinski definition) is 9. The smallest absolute Gasteiger partial charge is 0.239 e. The normalized spacial score (nSPS) is 17.1. The highest BCUT2D eigenvalue weighted by Gasteiger charge is 2.28. The van der Waals surface area contributed by atoms with E-state index in [0.29, 0.717) is 51.7 Å². The number of ether oxygens (including phenoxy) is 2. The van der Waals surface area contributed by atoms with Crippen LogP contribution in [0.15, 0.2) is 28.5 Å². The molecule has 2 aromatic heterocycles. The minimum Gasteiger partial charge on any atom is -0.497 e. The molecule has 12 heteroatoms. The number of amides is 1. The number of anilines is 1. The largest absolute Gasteiger partial charge is 0.497 e. The van der Waals surface area contributed by atoms with Gasteiger partial charge < -0.3 is 30.4 Å². The zero-order valence-corrected chi connectivity index (χ0v) is 20.9. The van der Waals surface area contributed by atoms with Crippen LogP contribution in [0, 0.1) is 5.92 Å². The van der Waals surface area contributed by atoms with Gasteiger partial charge in [0.25, 0.3) is 0 Å². The number of methoxy groups -OCH3 is 2. The van der Waals surface area contributed by atoms with E-state index in [9.17, 15) is 4.79 Å². The van der Waals surface area contributed by atoms with Gasteiger partial charge in [0.1, 0.15) is 17.8 Å². The van der Waals surface area contributed by atoms with E-state index in [1.54, 1.807) is 27.2 Å². The Morgan fingerprint density at radius 2 is 2.12 bits per heavy atom. The molecular weight excluding hydrogens is 478 g/mol. The van der Waals surface area contributed by atoms with Crippen molar-refractivity contribution < 1.29 is 14.3 Å². The minimum atomic E-state index is -0.517. The van der Waals surface area contributed by atoms with Crippen molar-refractivity contribution in [3.63, 3.8) is 0 Å². The molecule has 34 heavy (non-hydrogen) atoms. The molecular formula is C22H28ClN7O3S. The van der Waals surface area contributed by atoms with Gasteiger partial charge in [-0.3, -0.25) is 4.79 Å². The molecule has 10 nitrogen and oxygen atoms in total. The monoisotopic (exact) mass is 505 g/mol. The first-order chi connectivity index (χ1) is 16.3. The molecule has 4 rings (SSSR count). The second-order valence-corrected chi connectivity index (χ2v) is 9.65. The standard InChI is InChI=1S/C22H28ClN7O3S/c1-12(24)21(31)29-6-4-5-13(9-29)10-30-20-18(19(25)26-11-27-20)28-22(30)34-16-8-14(32-2)7-15(33-3)17(16)23/h7-8,11-13H,4-6,9-10,24H2,1-3H3,(H2,25,26,27)/t12-,13?/m0/s1. The summed E-state index contributed by atoms with van der Waals surface area (Å²) in [5.74, 6) is 1.60. The summed E-state index contributed by atoms with van der Waals surface area (Å²) in [5.41, 5.74) is 13.1. The van der Waals surface area contributed by atoms with Gasteiger partial charge >= 0.3 is 0 Å². The molecule has 1 saturated heterocycles. The van der Waals surface area contributed by atoms with Gasteiger partial charge in [-0.2, -0.15) is 0 Å². The van der Waals surface area contributed by atoms with E-state index in [1.807, 2.05) is 15.5 Å². The number of aromatic nitrogens is 4. The van der Waals surface area contributed by atoms with Gasteiger partial charge in [0.05, 0.1) is 25.3 Å². The average molecular weight is 506 g/mol. The number of carbonyl (C=O) groups is 1. The van der Waals surface area contributed by atoms with E-state index in [1.165, 1.54) is 18.1 Å². The fourth-order valence-corrected chi connectivity index (χ4v) is 5.40. The third kappa shape index (κ3) is 4.86. The maximum atomic E-state index is 12.5. The van der Waals surface area contributed by atoms with Crippen LogP contribution < -0.4 is 20.9 Å². The van der Waals surface area contributed by atoms with Gasteiger partial charge in [0.2, 0.25) is 5.91 Å². The molecule has 4 N–H and O–H groups in total. The molecule has 0 aliphatic carbocycles. The average Bonchev–Trinajstić information content (AvgIpc) is 3.18. The van der Waals surface area contributed by atoms with Crippen LogP contribution in [0.1, 0.15) is 19.8 Å². The van der Waals surface area contributed by atoms with E-state index >= 15 is 0 Å². The Morgan fingerprint density at radius 1 is 1.32 bits per heavy atom. The first-order valence-electron chi connectivity index (χ1n) is 10.9. The molecule has 0 spiro atoms. The number of fused-ring (bicyclic) bond motifs is 1. The molecule has 0 bridgehead atoms. The van der Waals surface area contributed by atoms with Gasteiger partial charge in [0, 0.05) is 30.6 Å². The predicted molar refractivity (Wildman–Crippen MR) is 131 cm³/mol. The first-order valence-corrected chi connectivity index (χ1v) is 12.1. The van der Waals surface area contributed by atoms with Crippen molar-refractivity contribution in [3.8, 4) is 11.5 Å². The Labute approximate surface area is 207 Å². The number of hydrogen-bond donors (Lipinski definition) is 2. The number of rotatable bonds is 7. The van der Waals surface area contributed by atoms with Crippen LogP contribution in [0.25, 0.3) is 11.2 Å². The molecule has 1 amide bonds. The van der Waals surface area contributed by atoms with Crippen molar-refractivity contribution in [1.29, 1.82) is 0 Å². The van der Waals surface area contributed by atoms with Gasteiger partial charge in [0.15, 0.2) is 22.1 Å². The van der Waals surface area contributed by atoms with E-state index in [2.05, 4.69) is 9.97 Å². The topological polar surface area (TPSA) is 134 Å². The van der Waals surface area contributed by atoms with Crippen molar-refractivity contribution in [2.24, 2.45) is 11.7 Å². The summed E-state index contributed by atoms with van der Waals surface area (Å²) in [5, 5.41) is 1.12. The molecule has 1 unspecified atom stereocenters. The number of nitrogens with two attached hydrogens (primary N) is 2. The molecule has 1 fully saturated rings. The number of nitrogen functional groups attached to an aromatic ring is 1. The van der Waals surface area contributed by atoms with Crippen LogP contribution in [-0.2, 0) is 11.3 Å². The molecule has 3 heterocycles. The summed E-state index contributed by atoms with van der Waals surface area (Å²) in [4.78, 5) is 28.3. The highest BCUT2D eigenvalue weighted by Crippen LogP contribution is 2.42. The van der Waals surface area contributed by atoms with Crippen molar-refractivity contribution in [3.05, 3.63) is 23.5 Å². The number of halogens is 1. The summed E-state index contributed by atoms with van der Waals surface area (Å²) in [6.07, 6.45) is 3.31.